The minimum atomic E-state index is 0. The summed E-state index contributed by atoms with van der Waals surface area (Å²) in [6, 6.07) is 0. The molecule has 0 heterocycles. The molecule has 2 fully saturated rings. The SMILES string of the molecule is CC[C@@H](C1CCCCC1)[C@](C)(C1CCCCC1)C(C)(C)C.Cl. The highest BCUT2D eigenvalue weighted by molar-refractivity contribution is 5.85. The van der Waals surface area contributed by atoms with Gasteiger partial charge in [0, 0.05) is 0 Å². The van der Waals surface area contributed by atoms with Gasteiger partial charge in [0.1, 0.15) is 0 Å². The van der Waals surface area contributed by atoms with E-state index in [0.29, 0.717) is 10.8 Å². The molecule has 2 rings (SSSR count). The van der Waals surface area contributed by atoms with Crippen LogP contribution < -0.4 is 0 Å². The van der Waals surface area contributed by atoms with E-state index in [9.17, 15) is 0 Å². The highest BCUT2D eigenvalue weighted by Gasteiger charge is 2.50. The summed E-state index contributed by atoms with van der Waals surface area (Å²) in [6.45, 7) is 12.8. The van der Waals surface area contributed by atoms with Crippen molar-refractivity contribution in [2.45, 2.75) is 105 Å². The van der Waals surface area contributed by atoms with Crippen LogP contribution in [0.2, 0.25) is 0 Å². The zero-order valence-corrected chi connectivity index (χ0v) is 16.7. The molecule has 1 heteroatoms. The normalized spacial score (nSPS) is 26.0. The van der Waals surface area contributed by atoms with Gasteiger partial charge in [-0.25, -0.2) is 0 Å². The maximum Gasteiger partial charge on any atom is -0.0218 e. The fraction of sp³-hybridized carbons (Fsp3) is 1.00. The molecule has 0 spiro atoms. The summed E-state index contributed by atoms with van der Waals surface area (Å²) in [4.78, 5) is 0. The molecule has 0 amide bonds. The van der Waals surface area contributed by atoms with Crippen LogP contribution in [0.4, 0.5) is 0 Å². The van der Waals surface area contributed by atoms with E-state index in [1.54, 1.807) is 0 Å². The van der Waals surface area contributed by atoms with Crippen molar-refractivity contribution in [1.82, 2.24) is 0 Å². The van der Waals surface area contributed by atoms with Gasteiger partial charge in [0.25, 0.3) is 0 Å². The Hall–Kier alpha value is 0.290. The smallest absolute Gasteiger partial charge is 0.0218 e. The molecule has 0 aromatic rings. The summed E-state index contributed by atoms with van der Waals surface area (Å²) in [7, 11) is 0. The van der Waals surface area contributed by atoms with Gasteiger partial charge in [-0.3, -0.25) is 0 Å². The van der Waals surface area contributed by atoms with Crippen LogP contribution in [0.15, 0.2) is 0 Å². The predicted octanol–water partition coefficient (Wildman–Crippen LogP) is 7.65. The Balaban J connectivity index is 0.00000242. The summed E-state index contributed by atoms with van der Waals surface area (Å²) >= 11 is 0. The molecular weight excluding hydrogens is 288 g/mol. The van der Waals surface area contributed by atoms with Gasteiger partial charge in [-0.1, -0.05) is 92.4 Å². The summed E-state index contributed by atoms with van der Waals surface area (Å²) < 4.78 is 0. The Labute approximate surface area is 146 Å². The van der Waals surface area contributed by atoms with Gasteiger partial charge in [-0.15, -0.1) is 12.4 Å². The fourth-order valence-corrected chi connectivity index (χ4v) is 5.96. The van der Waals surface area contributed by atoms with E-state index >= 15 is 0 Å². The van der Waals surface area contributed by atoms with E-state index < -0.39 is 0 Å². The van der Waals surface area contributed by atoms with Crippen molar-refractivity contribution in [3.8, 4) is 0 Å². The minimum Gasteiger partial charge on any atom is -0.147 e. The van der Waals surface area contributed by atoms with Crippen LogP contribution in [0.1, 0.15) is 105 Å². The molecule has 2 aliphatic carbocycles. The van der Waals surface area contributed by atoms with Crippen LogP contribution in [0.3, 0.4) is 0 Å². The standard InChI is InChI=1S/C21H40.ClH/c1-6-19(17-13-9-7-10-14-17)21(5,20(2,3)4)18-15-11-8-12-16-18;/h17-19H,6-16H2,1-5H3;1H/t19-,21-;/m0./s1. The number of hydrogen-bond donors (Lipinski definition) is 0. The molecule has 0 aliphatic heterocycles. The number of rotatable bonds is 4. The van der Waals surface area contributed by atoms with E-state index in [-0.39, 0.29) is 12.4 Å². The van der Waals surface area contributed by atoms with Crippen molar-refractivity contribution in [3.63, 3.8) is 0 Å². The van der Waals surface area contributed by atoms with Crippen molar-refractivity contribution in [2.75, 3.05) is 0 Å². The minimum absolute atomic E-state index is 0. The molecule has 0 nitrogen and oxygen atoms in total. The monoisotopic (exact) mass is 328 g/mol. The van der Waals surface area contributed by atoms with Crippen LogP contribution in [-0.4, -0.2) is 0 Å². The molecule has 0 unspecified atom stereocenters. The van der Waals surface area contributed by atoms with Crippen molar-refractivity contribution in [2.24, 2.45) is 28.6 Å². The Kier molecular flexibility index (Phi) is 7.77. The largest absolute Gasteiger partial charge is 0.147 e. The van der Waals surface area contributed by atoms with E-state index in [1.165, 1.54) is 70.6 Å². The first kappa shape index (κ1) is 20.3. The van der Waals surface area contributed by atoms with E-state index in [0.717, 1.165) is 17.8 Å². The highest BCUT2D eigenvalue weighted by Crippen LogP contribution is 2.58. The fourth-order valence-electron chi connectivity index (χ4n) is 5.96. The first-order chi connectivity index (χ1) is 9.91. The van der Waals surface area contributed by atoms with Crippen molar-refractivity contribution in [1.29, 1.82) is 0 Å². The Bertz CT molecular complexity index is 304. The van der Waals surface area contributed by atoms with Crippen LogP contribution in [-0.2, 0) is 0 Å². The molecule has 0 bridgehead atoms. The zero-order chi connectivity index (χ0) is 15.5. The van der Waals surface area contributed by atoms with Crippen molar-refractivity contribution < 1.29 is 0 Å². The molecule has 0 saturated heterocycles. The first-order valence-electron chi connectivity index (χ1n) is 9.91. The lowest BCUT2D eigenvalue weighted by Crippen LogP contribution is -2.49. The van der Waals surface area contributed by atoms with Gasteiger partial charge in [0.2, 0.25) is 0 Å². The van der Waals surface area contributed by atoms with Gasteiger partial charge in [-0.2, -0.15) is 0 Å². The lowest BCUT2D eigenvalue weighted by Gasteiger charge is -2.56. The second-order valence-corrected chi connectivity index (χ2v) is 9.28. The number of halogens is 1. The highest BCUT2D eigenvalue weighted by atomic mass is 35.5. The summed E-state index contributed by atoms with van der Waals surface area (Å²) in [5, 5.41) is 0. The van der Waals surface area contributed by atoms with Crippen molar-refractivity contribution in [3.05, 3.63) is 0 Å². The van der Waals surface area contributed by atoms with Crippen LogP contribution in [0.25, 0.3) is 0 Å². The zero-order valence-electron chi connectivity index (χ0n) is 15.9. The lowest BCUT2D eigenvalue weighted by molar-refractivity contribution is -0.0734. The Morgan fingerprint density at radius 1 is 0.773 bits per heavy atom. The van der Waals surface area contributed by atoms with Gasteiger partial charge >= 0.3 is 0 Å². The average Bonchev–Trinajstić information content (AvgIpc) is 2.48. The third kappa shape index (κ3) is 4.03. The predicted molar refractivity (Wildman–Crippen MR) is 102 cm³/mol. The molecule has 2 aliphatic rings. The summed E-state index contributed by atoms with van der Waals surface area (Å²) in [5.41, 5.74) is 0.970. The topological polar surface area (TPSA) is 0 Å². The van der Waals surface area contributed by atoms with Gasteiger partial charge < -0.3 is 0 Å². The van der Waals surface area contributed by atoms with E-state index in [4.69, 9.17) is 0 Å². The summed E-state index contributed by atoms with van der Waals surface area (Å²) in [5.74, 6) is 2.92. The Morgan fingerprint density at radius 2 is 1.23 bits per heavy atom. The molecule has 0 radical (unpaired) electrons. The maximum atomic E-state index is 2.69. The first-order valence-corrected chi connectivity index (χ1v) is 9.91. The number of hydrogen-bond acceptors (Lipinski definition) is 0. The third-order valence-corrected chi connectivity index (χ3v) is 7.50. The van der Waals surface area contributed by atoms with E-state index in [2.05, 4.69) is 34.6 Å². The molecule has 22 heavy (non-hydrogen) atoms. The maximum absolute atomic E-state index is 2.69. The van der Waals surface area contributed by atoms with Crippen molar-refractivity contribution >= 4 is 12.4 Å². The molecule has 0 aromatic carbocycles. The van der Waals surface area contributed by atoms with Crippen LogP contribution >= 0.6 is 12.4 Å². The van der Waals surface area contributed by atoms with Crippen LogP contribution in [0.5, 0.6) is 0 Å². The molecule has 132 valence electrons. The third-order valence-electron chi connectivity index (χ3n) is 7.50. The molecule has 2 saturated carbocycles. The Morgan fingerprint density at radius 3 is 1.64 bits per heavy atom. The molecule has 2 atom stereocenters. The molecule has 0 aromatic heterocycles. The average molecular weight is 329 g/mol. The second-order valence-electron chi connectivity index (χ2n) is 9.28. The van der Waals surface area contributed by atoms with Crippen LogP contribution in [0, 0.1) is 28.6 Å². The van der Waals surface area contributed by atoms with E-state index in [1.807, 2.05) is 0 Å². The van der Waals surface area contributed by atoms with Gasteiger partial charge in [0.05, 0.1) is 0 Å². The quantitative estimate of drug-likeness (QED) is 0.497. The van der Waals surface area contributed by atoms with Gasteiger partial charge in [-0.05, 0) is 41.4 Å². The second kappa shape index (κ2) is 8.41. The molecule has 0 N–H and O–H groups in total. The lowest BCUT2D eigenvalue weighted by atomic mass is 9.49. The summed E-state index contributed by atoms with van der Waals surface area (Å²) in [6.07, 6.45) is 16.3. The molecular formula is C21H41Cl. The van der Waals surface area contributed by atoms with Gasteiger partial charge in [0.15, 0.2) is 0 Å².